The summed E-state index contributed by atoms with van der Waals surface area (Å²) in [5.41, 5.74) is 3.53. The number of anilines is 1. The van der Waals surface area contributed by atoms with Gasteiger partial charge in [-0.3, -0.25) is 10.1 Å². The predicted molar refractivity (Wildman–Crippen MR) is 81.8 cm³/mol. The van der Waals surface area contributed by atoms with Crippen LogP contribution >= 0.6 is 11.5 Å². The maximum atomic E-state index is 12.1. The van der Waals surface area contributed by atoms with Crippen LogP contribution in [-0.4, -0.2) is 25.7 Å². The van der Waals surface area contributed by atoms with Crippen LogP contribution in [0.15, 0.2) is 22.6 Å². The molecule has 3 aromatic rings. The number of carbonyl (C=O) groups is 1. The lowest BCUT2D eigenvalue weighted by molar-refractivity contribution is 0.102. The van der Waals surface area contributed by atoms with E-state index in [-0.39, 0.29) is 11.9 Å². The molecule has 2 aromatic heterocycles. The summed E-state index contributed by atoms with van der Waals surface area (Å²) >= 11 is 1.02. The molecule has 0 saturated carbocycles. The Morgan fingerprint density at radius 2 is 2.00 bits per heavy atom. The maximum absolute atomic E-state index is 12.1. The topological polar surface area (TPSA) is 93.8 Å². The molecule has 0 aliphatic rings. The van der Waals surface area contributed by atoms with E-state index in [1.54, 1.807) is 6.92 Å². The second kappa shape index (κ2) is 5.64. The van der Waals surface area contributed by atoms with Gasteiger partial charge in [0.05, 0.1) is 5.69 Å². The molecule has 0 unspecified atom stereocenters. The van der Waals surface area contributed by atoms with Gasteiger partial charge in [0.15, 0.2) is 0 Å². The number of nitrogens with zero attached hydrogens (tertiary/aromatic N) is 4. The van der Waals surface area contributed by atoms with Crippen molar-refractivity contribution >= 4 is 23.5 Å². The van der Waals surface area contributed by atoms with E-state index >= 15 is 0 Å². The SMILES string of the molecule is Cc1ccc(C)c(-c2nnc(NC(=O)c3snnc3C)o2)c1. The quantitative estimate of drug-likeness (QED) is 0.798. The van der Waals surface area contributed by atoms with Crippen molar-refractivity contribution < 1.29 is 9.21 Å². The molecule has 0 bridgehead atoms. The number of rotatable bonds is 3. The standard InChI is InChI=1S/C14H13N5O2S/c1-7-4-5-8(2)10(6-7)13-17-18-14(21-13)15-12(20)11-9(3)16-19-22-11/h4-6H,1-3H3,(H,15,18,20). The first kappa shape index (κ1) is 14.3. The molecular weight excluding hydrogens is 302 g/mol. The Hall–Kier alpha value is -2.61. The Labute approximate surface area is 130 Å². The molecule has 0 radical (unpaired) electrons. The normalized spacial score (nSPS) is 10.7. The first-order chi connectivity index (χ1) is 10.5. The zero-order chi connectivity index (χ0) is 15.7. The summed E-state index contributed by atoms with van der Waals surface area (Å²) in [7, 11) is 0. The first-order valence-electron chi connectivity index (χ1n) is 6.56. The summed E-state index contributed by atoms with van der Waals surface area (Å²) in [5.74, 6) is 0.0133. The zero-order valence-corrected chi connectivity index (χ0v) is 13.1. The summed E-state index contributed by atoms with van der Waals surface area (Å²) in [4.78, 5) is 12.5. The third kappa shape index (κ3) is 2.73. The first-order valence-corrected chi connectivity index (χ1v) is 7.33. The van der Waals surface area contributed by atoms with Crippen LogP contribution in [0.4, 0.5) is 6.01 Å². The van der Waals surface area contributed by atoms with E-state index in [1.807, 2.05) is 32.0 Å². The number of hydrogen-bond donors (Lipinski definition) is 1. The Bertz CT molecular complexity index is 839. The molecule has 2 heterocycles. The largest absolute Gasteiger partial charge is 0.403 e. The lowest BCUT2D eigenvalue weighted by Crippen LogP contribution is -2.11. The fourth-order valence-corrected chi connectivity index (χ4v) is 2.49. The molecule has 1 N–H and O–H groups in total. The Kier molecular flexibility index (Phi) is 3.68. The second-order valence-electron chi connectivity index (χ2n) is 4.87. The highest BCUT2D eigenvalue weighted by Crippen LogP contribution is 2.25. The number of benzene rings is 1. The molecule has 0 saturated heterocycles. The van der Waals surface area contributed by atoms with Crippen molar-refractivity contribution in [1.29, 1.82) is 0 Å². The van der Waals surface area contributed by atoms with Gasteiger partial charge >= 0.3 is 6.01 Å². The molecule has 1 amide bonds. The average molecular weight is 315 g/mol. The third-order valence-electron chi connectivity index (χ3n) is 3.13. The number of hydrogen-bond acceptors (Lipinski definition) is 7. The Morgan fingerprint density at radius 3 is 2.73 bits per heavy atom. The monoisotopic (exact) mass is 315 g/mol. The van der Waals surface area contributed by atoms with Crippen LogP contribution in [0.5, 0.6) is 0 Å². The molecule has 112 valence electrons. The van der Waals surface area contributed by atoms with Crippen LogP contribution in [0.3, 0.4) is 0 Å². The van der Waals surface area contributed by atoms with Crippen molar-refractivity contribution in [2.24, 2.45) is 0 Å². The van der Waals surface area contributed by atoms with E-state index in [9.17, 15) is 4.79 Å². The molecule has 0 spiro atoms. The lowest BCUT2D eigenvalue weighted by atomic mass is 10.1. The lowest BCUT2D eigenvalue weighted by Gasteiger charge is -2.02. The van der Waals surface area contributed by atoms with Crippen LogP contribution in [0.2, 0.25) is 0 Å². The maximum Gasteiger partial charge on any atom is 0.322 e. The fraction of sp³-hybridized carbons (Fsp3) is 0.214. The van der Waals surface area contributed by atoms with E-state index in [0.717, 1.165) is 28.2 Å². The van der Waals surface area contributed by atoms with Gasteiger partial charge in [-0.25, -0.2) is 0 Å². The minimum absolute atomic E-state index is 0.0497. The van der Waals surface area contributed by atoms with Crippen molar-refractivity contribution in [3.8, 4) is 11.5 Å². The van der Waals surface area contributed by atoms with Gasteiger partial charge in [0.1, 0.15) is 4.88 Å². The highest BCUT2D eigenvalue weighted by atomic mass is 32.1. The van der Waals surface area contributed by atoms with Crippen LogP contribution in [0, 0.1) is 20.8 Å². The number of carbonyl (C=O) groups excluding carboxylic acids is 1. The van der Waals surface area contributed by atoms with Gasteiger partial charge in [0, 0.05) is 5.56 Å². The molecule has 7 nitrogen and oxygen atoms in total. The van der Waals surface area contributed by atoms with Crippen molar-refractivity contribution in [1.82, 2.24) is 19.8 Å². The summed E-state index contributed by atoms with van der Waals surface area (Å²) in [6.07, 6.45) is 0. The van der Waals surface area contributed by atoms with E-state index < -0.39 is 0 Å². The molecule has 0 atom stereocenters. The van der Waals surface area contributed by atoms with Gasteiger partial charge in [0.25, 0.3) is 5.91 Å². The fourth-order valence-electron chi connectivity index (χ4n) is 1.94. The molecule has 0 aliphatic heterocycles. The molecular formula is C14H13N5O2S. The van der Waals surface area contributed by atoms with Crippen LogP contribution in [0.25, 0.3) is 11.5 Å². The van der Waals surface area contributed by atoms with Crippen molar-refractivity contribution in [2.75, 3.05) is 5.32 Å². The van der Waals surface area contributed by atoms with Gasteiger partial charge in [-0.15, -0.1) is 10.2 Å². The minimum atomic E-state index is -0.358. The van der Waals surface area contributed by atoms with Gasteiger partial charge < -0.3 is 4.42 Å². The number of nitrogens with one attached hydrogen (secondary N) is 1. The van der Waals surface area contributed by atoms with Gasteiger partial charge in [-0.1, -0.05) is 27.3 Å². The smallest absolute Gasteiger partial charge is 0.322 e. The Morgan fingerprint density at radius 1 is 1.18 bits per heavy atom. The number of amides is 1. The van der Waals surface area contributed by atoms with E-state index in [1.165, 1.54) is 0 Å². The molecule has 0 aliphatic carbocycles. The summed E-state index contributed by atoms with van der Waals surface area (Å²) < 4.78 is 9.25. The predicted octanol–water partition coefficient (Wildman–Crippen LogP) is 2.77. The van der Waals surface area contributed by atoms with Crippen LogP contribution in [-0.2, 0) is 0 Å². The highest BCUT2D eigenvalue weighted by molar-refractivity contribution is 7.08. The van der Waals surface area contributed by atoms with E-state index in [0.29, 0.717) is 16.5 Å². The molecule has 1 aromatic carbocycles. The molecule has 22 heavy (non-hydrogen) atoms. The number of aryl methyl sites for hydroxylation is 3. The van der Waals surface area contributed by atoms with Gasteiger partial charge in [0.2, 0.25) is 5.89 Å². The summed E-state index contributed by atoms with van der Waals surface area (Å²) in [5, 5.41) is 14.2. The van der Waals surface area contributed by atoms with Crippen LogP contribution in [0.1, 0.15) is 26.5 Å². The number of aromatic nitrogens is 4. The minimum Gasteiger partial charge on any atom is -0.403 e. The van der Waals surface area contributed by atoms with Crippen molar-refractivity contribution in [3.63, 3.8) is 0 Å². The van der Waals surface area contributed by atoms with E-state index in [4.69, 9.17) is 4.42 Å². The zero-order valence-electron chi connectivity index (χ0n) is 12.2. The second-order valence-corrected chi connectivity index (χ2v) is 5.63. The highest BCUT2D eigenvalue weighted by Gasteiger charge is 2.17. The van der Waals surface area contributed by atoms with Crippen LogP contribution < -0.4 is 5.32 Å². The summed E-state index contributed by atoms with van der Waals surface area (Å²) in [6, 6.07) is 6.01. The molecule has 0 fully saturated rings. The third-order valence-corrected chi connectivity index (χ3v) is 3.95. The van der Waals surface area contributed by atoms with E-state index in [2.05, 4.69) is 25.1 Å². The average Bonchev–Trinajstić information content (AvgIpc) is 3.10. The molecule has 8 heteroatoms. The summed E-state index contributed by atoms with van der Waals surface area (Å²) in [6.45, 7) is 5.67. The van der Waals surface area contributed by atoms with Gasteiger partial charge in [-0.2, -0.15) is 0 Å². The van der Waals surface area contributed by atoms with Gasteiger partial charge in [-0.05, 0) is 43.9 Å². The Balaban J connectivity index is 1.84. The molecule has 3 rings (SSSR count). The van der Waals surface area contributed by atoms with Crippen molar-refractivity contribution in [3.05, 3.63) is 39.9 Å². The van der Waals surface area contributed by atoms with Crippen molar-refractivity contribution in [2.45, 2.75) is 20.8 Å².